The molecule has 0 bridgehead atoms. The van der Waals surface area contributed by atoms with Crippen molar-refractivity contribution in [2.45, 2.75) is 29.9 Å². The predicted octanol–water partition coefficient (Wildman–Crippen LogP) is 3.44. The highest BCUT2D eigenvalue weighted by atomic mass is 19.4. The lowest BCUT2D eigenvalue weighted by Crippen LogP contribution is -2.80. The minimum absolute atomic E-state index is 0. The van der Waals surface area contributed by atoms with Crippen LogP contribution >= 0.6 is 0 Å². The van der Waals surface area contributed by atoms with Crippen LogP contribution in [-0.2, 0) is 0 Å². The number of nitrogens with zero attached hydrogens (tertiary/aromatic N) is 1. The molecule has 1 aliphatic rings. The summed E-state index contributed by atoms with van der Waals surface area (Å²) < 4.78 is 135. The minimum atomic E-state index is -7.13. The molecule has 0 spiro atoms. The van der Waals surface area contributed by atoms with E-state index in [-0.39, 0.29) is 6.15 Å². The summed E-state index contributed by atoms with van der Waals surface area (Å²) in [5.41, 5.74) is 0. The molecule has 1 rings (SSSR count). The smallest absolute Gasteiger partial charge is 0.344 e. The number of hydrogen-bond donors (Lipinski definition) is 1. The van der Waals surface area contributed by atoms with Crippen molar-refractivity contribution in [3.05, 3.63) is 0 Å². The van der Waals surface area contributed by atoms with Gasteiger partial charge in [0, 0.05) is 0 Å². The summed E-state index contributed by atoms with van der Waals surface area (Å²) in [5.74, 6) is -21.2. The van der Waals surface area contributed by atoms with Crippen molar-refractivity contribution in [1.82, 2.24) is 11.3 Å². The fraction of sp³-hybridized carbons (Fsp3) is 1.00. The van der Waals surface area contributed by atoms with Crippen LogP contribution in [0.5, 0.6) is 0 Å². The molecular weight excluding hydrogens is 297 g/mol. The van der Waals surface area contributed by atoms with Gasteiger partial charge in [-0.1, -0.05) is 0 Å². The lowest BCUT2D eigenvalue weighted by atomic mass is 9.95. The van der Waals surface area contributed by atoms with Crippen molar-refractivity contribution >= 4 is 0 Å². The summed E-state index contributed by atoms with van der Waals surface area (Å²) >= 11 is 0. The average Bonchev–Trinajstić information content (AvgIpc) is 2.13. The molecule has 1 fully saturated rings. The summed E-state index contributed by atoms with van der Waals surface area (Å²) in [6.07, 6.45) is 0. The Labute approximate surface area is 90.8 Å². The van der Waals surface area contributed by atoms with Crippen molar-refractivity contribution < 1.29 is 48.4 Å². The summed E-state index contributed by atoms with van der Waals surface area (Å²) in [4.78, 5) is 0. The van der Waals surface area contributed by atoms with Gasteiger partial charge in [0.25, 0.3) is 0 Å². The standard InChI is InChI=1S/C5F11N.H3N/c6-1(7)2(8,9)4(12,13)17(16)5(14,15)3(1,10)11;/h;1H3. The second-order valence-electron chi connectivity index (χ2n) is 3.09. The fourth-order valence-corrected chi connectivity index (χ4v) is 0.998. The molecule has 0 aliphatic carbocycles. The fourth-order valence-electron chi connectivity index (χ4n) is 0.998. The number of rotatable bonds is 0. The topological polar surface area (TPSA) is 38.2 Å². The highest BCUT2D eigenvalue weighted by Gasteiger charge is 2.96. The van der Waals surface area contributed by atoms with Crippen LogP contribution in [0.1, 0.15) is 0 Å². The Morgan fingerprint density at radius 2 is 0.722 bits per heavy atom. The molecule has 0 saturated carbocycles. The largest absolute Gasteiger partial charge is 0.404 e. The molecule has 1 aliphatic heterocycles. The zero-order valence-electron chi connectivity index (χ0n) is 7.81. The van der Waals surface area contributed by atoms with Crippen LogP contribution in [-0.4, -0.2) is 35.0 Å². The van der Waals surface area contributed by atoms with E-state index in [1.807, 2.05) is 0 Å². The molecule has 13 heteroatoms. The molecule has 0 aromatic carbocycles. The van der Waals surface area contributed by atoms with Gasteiger partial charge in [0.15, 0.2) is 0 Å². The van der Waals surface area contributed by atoms with E-state index in [2.05, 4.69) is 0 Å². The van der Waals surface area contributed by atoms with E-state index in [0.717, 1.165) is 0 Å². The molecular formula is C5H3F11N2. The molecule has 18 heavy (non-hydrogen) atoms. The van der Waals surface area contributed by atoms with Crippen LogP contribution in [0.4, 0.5) is 48.4 Å². The van der Waals surface area contributed by atoms with Gasteiger partial charge in [0.2, 0.25) is 0 Å². The van der Waals surface area contributed by atoms with Crippen molar-refractivity contribution in [2.75, 3.05) is 0 Å². The van der Waals surface area contributed by atoms with Crippen LogP contribution in [0.15, 0.2) is 0 Å². The first kappa shape index (κ1) is 17.2. The molecule has 2 nitrogen and oxygen atoms in total. The van der Waals surface area contributed by atoms with Gasteiger partial charge in [-0.25, -0.2) is 0 Å². The van der Waals surface area contributed by atoms with Crippen molar-refractivity contribution in [1.29, 1.82) is 0 Å². The van der Waals surface area contributed by atoms with Crippen LogP contribution in [0.25, 0.3) is 0 Å². The van der Waals surface area contributed by atoms with Crippen LogP contribution < -0.4 is 6.15 Å². The summed E-state index contributed by atoms with van der Waals surface area (Å²) in [6, 6.07) is -13.6. The van der Waals surface area contributed by atoms with E-state index in [0.29, 0.717) is 0 Å². The SMILES string of the molecule is FN1C(F)(F)C(F)(F)C(F)(F)C(F)(F)C1(F)F.N. The summed E-state index contributed by atoms with van der Waals surface area (Å²) in [7, 11) is 0. The molecule has 0 radical (unpaired) electrons. The Balaban J connectivity index is 0.00000289. The van der Waals surface area contributed by atoms with Gasteiger partial charge >= 0.3 is 29.9 Å². The summed E-state index contributed by atoms with van der Waals surface area (Å²) in [5, 5.41) is -3.56. The van der Waals surface area contributed by atoms with E-state index in [4.69, 9.17) is 0 Å². The molecule has 0 unspecified atom stereocenters. The molecule has 3 N–H and O–H groups in total. The monoisotopic (exact) mass is 300 g/mol. The predicted molar refractivity (Wildman–Crippen MR) is 32.7 cm³/mol. The Bertz CT molecular complexity index is 306. The van der Waals surface area contributed by atoms with Gasteiger partial charge < -0.3 is 6.15 Å². The van der Waals surface area contributed by atoms with Crippen LogP contribution in [0.2, 0.25) is 0 Å². The quantitative estimate of drug-likeness (QED) is 0.423. The number of hydrogen-bond acceptors (Lipinski definition) is 2. The first-order chi connectivity index (χ1) is 7.15. The third kappa shape index (κ3) is 1.36. The first-order valence-electron chi connectivity index (χ1n) is 3.51. The third-order valence-electron chi connectivity index (χ3n) is 2.04. The Morgan fingerprint density at radius 1 is 0.500 bits per heavy atom. The molecule has 1 heterocycles. The van der Waals surface area contributed by atoms with E-state index >= 15 is 0 Å². The van der Waals surface area contributed by atoms with E-state index < -0.39 is 35.0 Å². The van der Waals surface area contributed by atoms with Crippen molar-refractivity contribution in [3.8, 4) is 0 Å². The van der Waals surface area contributed by atoms with Gasteiger partial charge in [-0.15, -0.1) is 4.48 Å². The highest BCUT2D eigenvalue weighted by Crippen LogP contribution is 2.64. The van der Waals surface area contributed by atoms with Crippen LogP contribution in [0.3, 0.4) is 0 Å². The van der Waals surface area contributed by atoms with Gasteiger partial charge in [-0.3, -0.25) is 0 Å². The second kappa shape index (κ2) is 3.59. The normalized spacial score (nSPS) is 31.5. The molecule has 0 amide bonds. The van der Waals surface area contributed by atoms with Crippen LogP contribution in [0, 0.1) is 0 Å². The van der Waals surface area contributed by atoms with Gasteiger partial charge in [0.05, 0.1) is 0 Å². The van der Waals surface area contributed by atoms with E-state index in [1.165, 1.54) is 0 Å². The minimum Gasteiger partial charge on any atom is -0.344 e. The number of piperidine rings is 1. The van der Waals surface area contributed by atoms with Crippen molar-refractivity contribution in [3.63, 3.8) is 0 Å². The average molecular weight is 300 g/mol. The first-order valence-corrected chi connectivity index (χ1v) is 3.51. The lowest BCUT2D eigenvalue weighted by molar-refractivity contribution is -0.537. The van der Waals surface area contributed by atoms with Gasteiger partial charge in [-0.2, -0.15) is 43.9 Å². The molecule has 110 valence electrons. The highest BCUT2D eigenvalue weighted by molar-refractivity contribution is 5.12. The van der Waals surface area contributed by atoms with E-state index in [1.54, 1.807) is 0 Å². The van der Waals surface area contributed by atoms with Gasteiger partial charge in [-0.05, 0) is 5.12 Å². The molecule has 1 saturated heterocycles. The molecule has 0 aromatic rings. The Hall–Kier alpha value is -0.850. The molecule has 0 aromatic heterocycles. The number of halogens is 11. The number of alkyl halides is 10. The van der Waals surface area contributed by atoms with E-state index in [9.17, 15) is 48.4 Å². The zero-order chi connectivity index (χ0) is 14.1. The maximum Gasteiger partial charge on any atom is 0.404 e. The van der Waals surface area contributed by atoms with Gasteiger partial charge in [0.1, 0.15) is 0 Å². The third-order valence-corrected chi connectivity index (χ3v) is 2.04. The maximum atomic E-state index is 12.3. The van der Waals surface area contributed by atoms with Crippen molar-refractivity contribution in [2.24, 2.45) is 0 Å². The Kier molecular flexibility index (Phi) is 3.42. The Morgan fingerprint density at radius 3 is 0.944 bits per heavy atom. The summed E-state index contributed by atoms with van der Waals surface area (Å²) in [6.45, 7) is 0. The maximum absolute atomic E-state index is 12.3. The second-order valence-corrected chi connectivity index (χ2v) is 3.09. The molecule has 0 atom stereocenters. The zero-order valence-corrected chi connectivity index (χ0v) is 7.81. The lowest BCUT2D eigenvalue weighted by Gasteiger charge is -2.47.